The summed E-state index contributed by atoms with van der Waals surface area (Å²) in [7, 11) is 0. The average molecular weight is 959 g/mol. The summed E-state index contributed by atoms with van der Waals surface area (Å²) in [5, 5.41) is 0. The number of carbonyl (C=O) groups is 2. The van der Waals surface area contributed by atoms with Gasteiger partial charge in [-0.05, 0) is 139 Å². The lowest BCUT2D eigenvalue weighted by molar-refractivity contribution is -0.547. The van der Waals surface area contributed by atoms with Crippen molar-refractivity contribution >= 4 is 11.9 Å². The lowest BCUT2D eigenvalue weighted by Gasteiger charge is -2.49. The number of rotatable bonds is 30. The Balaban J connectivity index is 0.000000710. The van der Waals surface area contributed by atoms with Crippen LogP contribution in [0.1, 0.15) is 291 Å². The molecule has 0 aromatic heterocycles. The van der Waals surface area contributed by atoms with Gasteiger partial charge in [0.2, 0.25) is 11.6 Å². The average Bonchev–Trinajstić information content (AvgIpc) is 3.24. The molecule has 0 aromatic carbocycles. The summed E-state index contributed by atoms with van der Waals surface area (Å²) in [5.41, 5.74) is -1.66. The molecule has 0 atom stereocenters. The van der Waals surface area contributed by atoms with E-state index in [2.05, 4.69) is 37.5 Å². The van der Waals surface area contributed by atoms with E-state index in [-0.39, 0.29) is 5.41 Å². The summed E-state index contributed by atoms with van der Waals surface area (Å²) in [6, 6.07) is 0. The SMILES string of the molecule is CC(C)(C)OOC1(OOC(C)(C)C)CCC(C(C)(C)C2CCC(OOC(C)(C)C)(OOC(C)(C)C)CC2)CC1.CCCCCCCCCCCC(=O)OOC(=O)CCCCCCCCCCC. The molecule has 12 nitrogen and oxygen atoms in total. The number of hydrogen-bond donors (Lipinski definition) is 0. The maximum Gasteiger partial charge on any atom is 0.355 e. The topological polar surface area (TPSA) is 126 Å². The van der Waals surface area contributed by atoms with Crippen LogP contribution in [0, 0.1) is 17.3 Å². The second kappa shape index (κ2) is 31.8. The molecule has 398 valence electrons. The quantitative estimate of drug-likeness (QED) is 0.0294. The van der Waals surface area contributed by atoms with E-state index in [9.17, 15) is 9.59 Å². The van der Waals surface area contributed by atoms with Crippen molar-refractivity contribution in [3.05, 3.63) is 0 Å². The molecule has 0 radical (unpaired) electrons. The molecule has 0 unspecified atom stereocenters. The highest BCUT2D eigenvalue weighted by atomic mass is 17.3. The Hall–Kier alpha value is -1.38. The fourth-order valence-corrected chi connectivity index (χ4v) is 8.44. The molecule has 12 heteroatoms. The molecular weight excluding hydrogens is 853 g/mol. The summed E-state index contributed by atoms with van der Waals surface area (Å²) in [5.74, 6) is -1.65. The summed E-state index contributed by atoms with van der Waals surface area (Å²) in [6.07, 6.45) is 29.0. The second-order valence-electron chi connectivity index (χ2n) is 24.4. The molecule has 0 N–H and O–H groups in total. The van der Waals surface area contributed by atoms with E-state index in [4.69, 9.17) is 39.1 Å². The minimum Gasteiger partial charge on any atom is -0.247 e. The molecule has 2 rings (SSSR count). The van der Waals surface area contributed by atoms with Gasteiger partial charge in [-0.25, -0.2) is 38.9 Å². The van der Waals surface area contributed by atoms with Crippen LogP contribution in [0.4, 0.5) is 0 Å². The van der Waals surface area contributed by atoms with Crippen molar-refractivity contribution in [2.75, 3.05) is 0 Å². The third kappa shape index (κ3) is 31.5. The molecule has 2 fully saturated rings. The van der Waals surface area contributed by atoms with Gasteiger partial charge >= 0.3 is 11.9 Å². The molecule has 2 saturated carbocycles. The van der Waals surface area contributed by atoms with Crippen LogP contribution in [-0.4, -0.2) is 45.9 Å². The standard InChI is InChI=1S/C31H60O8.C24H46O4/c1-25(2,3)32-36-30(37-33-26(4,5)6)19-15-23(16-20-30)29(13,14)24-17-21-31(22-18-24,38-34-27(7,8)9)39-35-28(10,11)12;1-3-5-7-9-11-13-15-17-19-21-23(25)27-28-24(26)22-20-18-16-14-12-10-8-6-4-2/h23-24H,15-22H2,1-14H3;3-22H2,1-2H3. The Morgan fingerprint density at radius 3 is 0.821 bits per heavy atom. The Morgan fingerprint density at radius 1 is 0.373 bits per heavy atom. The fourth-order valence-electron chi connectivity index (χ4n) is 8.44. The predicted octanol–water partition coefficient (Wildman–Crippen LogP) is 16.6. The van der Waals surface area contributed by atoms with Crippen LogP contribution in [0.15, 0.2) is 0 Å². The molecule has 0 aliphatic heterocycles. The van der Waals surface area contributed by atoms with Crippen molar-refractivity contribution < 1.29 is 58.5 Å². The zero-order valence-electron chi connectivity index (χ0n) is 46.4. The van der Waals surface area contributed by atoms with Gasteiger partial charge in [-0.1, -0.05) is 130 Å². The van der Waals surface area contributed by atoms with E-state index in [0.717, 1.165) is 64.2 Å². The smallest absolute Gasteiger partial charge is 0.247 e. The summed E-state index contributed by atoms with van der Waals surface area (Å²) in [6.45, 7) is 32.9. The van der Waals surface area contributed by atoms with Gasteiger partial charge in [0.05, 0.1) is 35.2 Å². The summed E-state index contributed by atoms with van der Waals surface area (Å²) >= 11 is 0. The number of hydrogen-bond acceptors (Lipinski definition) is 12. The zero-order valence-corrected chi connectivity index (χ0v) is 46.4. The van der Waals surface area contributed by atoms with Gasteiger partial charge < -0.3 is 0 Å². The first-order chi connectivity index (χ1) is 31.2. The van der Waals surface area contributed by atoms with Gasteiger partial charge in [0.15, 0.2) is 0 Å². The van der Waals surface area contributed by atoms with Gasteiger partial charge in [-0.2, -0.15) is 19.6 Å². The van der Waals surface area contributed by atoms with Crippen molar-refractivity contribution in [2.24, 2.45) is 17.3 Å². The van der Waals surface area contributed by atoms with Gasteiger partial charge in [0.25, 0.3) is 0 Å². The molecule has 0 saturated heterocycles. The van der Waals surface area contributed by atoms with Gasteiger partial charge in [0.1, 0.15) is 0 Å². The van der Waals surface area contributed by atoms with Crippen molar-refractivity contribution in [3.8, 4) is 0 Å². The highest BCUT2D eigenvalue weighted by Gasteiger charge is 2.50. The first kappa shape index (κ1) is 63.6. The Morgan fingerprint density at radius 2 is 0.597 bits per heavy atom. The van der Waals surface area contributed by atoms with Crippen LogP contribution < -0.4 is 0 Å². The molecule has 67 heavy (non-hydrogen) atoms. The second-order valence-corrected chi connectivity index (χ2v) is 24.4. The van der Waals surface area contributed by atoms with Crippen molar-refractivity contribution in [3.63, 3.8) is 0 Å². The minimum absolute atomic E-state index is 0.115. The predicted molar refractivity (Wildman–Crippen MR) is 267 cm³/mol. The minimum atomic E-state index is -0.912. The zero-order chi connectivity index (χ0) is 50.7. The van der Waals surface area contributed by atoms with E-state index in [0.29, 0.717) is 50.4 Å². The van der Waals surface area contributed by atoms with Gasteiger partial charge in [-0.15, -0.1) is 0 Å². The maximum atomic E-state index is 11.6. The third-order valence-electron chi connectivity index (χ3n) is 12.6. The normalized spacial score (nSPS) is 17.5. The molecule has 2 aliphatic carbocycles. The molecule has 2 aliphatic rings. The van der Waals surface area contributed by atoms with E-state index in [1.807, 2.05) is 83.1 Å². The lowest BCUT2D eigenvalue weighted by atomic mass is 9.60. The van der Waals surface area contributed by atoms with Crippen molar-refractivity contribution in [1.29, 1.82) is 0 Å². The summed E-state index contributed by atoms with van der Waals surface area (Å²) < 4.78 is 0. The summed E-state index contributed by atoms with van der Waals surface area (Å²) in [4.78, 5) is 79.2. The van der Waals surface area contributed by atoms with Crippen LogP contribution in [0.25, 0.3) is 0 Å². The van der Waals surface area contributed by atoms with E-state index in [1.54, 1.807) is 0 Å². The van der Waals surface area contributed by atoms with E-state index >= 15 is 0 Å². The van der Waals surface area contributed by atoms with Crippen LogP contribution >= 0.6 is 0 Å². The van der Waals surface area contributed by atoms with Crippen LogP contribution in [0.2, 0.25) is 0 Å². The van der Waals surface area contributed by atoms with Crippen LogP contribution in [-0.2, 0) is 58.5 Å². The highest BCUT2D eigenvalue weighted by molar-refractivity contribution is 5.72. The van der Waals surface area contributed by atoms with Crippen LogP contribution in [0.5, 0.6) is 0 Å². The lowest BCUT2D eigenvalue weighted by Crippen LogP contribution is -2.48. The van der Waals surface area contributed by atoms with E-state index in [1.165, 1.54) is 77.0 Å². The fraction of sp³-hybridized carbons (Fsp3) is 0.964. The van der Waals surface area contributed by atoms with Gasteiger partial charge in [0, 0.05) is 25.7 Å². The monoisotopic (exact) mass is 959 g/mol. The van der Waals surface area contributed by atoms with E-state index < -0.39 is 45.9 Å². The number of unbranched alkanes of at least 4 members (excludes halogenated alkanes) is 16. The molecule has 0 amide bonds. The molecule has 0 heterocycles. The largest absolute Gasteiger partial charge is 0.355 e. The van der Waals surface area contributed by atoms with Crippen LogP contribution in [0.3, 0.4) is 0 Å². The van der Waals surface area contributed by atoms with Crippen molar-refractivity contribution in [2.45, 2.75) is 325 Å². The Kier molecular flexibility index (Phi) is 30.3. The van der Waals surface area contributed by atoms with Gasteiger partial charge in [-0.3, -0.25) is 0 Å². The first-order valence-electron chi connectivity index (χ1n) is 27.0. The molecule has 0 spiro atoms. The molecule has 0 bridgehead atoms. The van der Waals surface area contributed by atoms with Crippen molar-refractivity contribution in [1.82, 2.24) is 0 Å². The highest BCUT2D eigenvalue weighted by Crippen LogP contribution is 2.53. The Labute approximate surface area is 411 Å². The molecular formula is C55H106O12. The third-order valence-corrected chi connectivity index (χ3v) is 12.6. The Bertz CT molecular complexity index is 1140. The maximum absolute atomic E-state index is 11.6. The molecule has 0 aromatic rings. The number of carbonyl (C=O) groups excluding carboxylic acids is 2. The first-order valence-corrected chi connectivity index (χ1v) is 27.0.